The molecule has 200 valence electrons. The predicted molar refractivity (Wildman–Crippen MR) is 148 cm³/mol. The van der Waals surface area contributed by atoms with E-state index in [1.54, 1.807) is 6.92 Å². The number of alkyl halides is 1. The molecule has 1 aliphatic carbocycles. The van der Waals surface area contributed by atoms with Gasteiger partial charge in [-0.25, -0.2) is 4.39 Å². The van der Waals surface area contributed by atoms with Gasteiger partial charge in [0.15, 0.2) is 11.5 Å². The molecule has 0 spiro atoms. The zero-order chi connectivity index (χ0) is 27.6. The van der Waals surface area contributed by atoms with E-state index in [9.17, 15) is 19.1 Å². The van der Waals surface area contributed by atoms with Crippen molar-refractivity contribution < 1.29 is 19.1 Å². The van der Waals surface area contributed by atoms with E-state index in [0.717, 1.165) is 33.5 Å². The van der Waals surface area contributed by atoms with Crippen molar-refractivity contribution in [2.75, 3.05) is 0 Å². The van der Waals surface area contributed by atoms with Crippen LogP contribution >= 0.6 is 0 Å². The second kappa shape index (κ2) is 10.9. The molecule has 39 heavy (non-hydrogen) atoms. The van der Waals surface area contributed by atoms with E-state index in [1.807, 2.05) is 91.9 Å². The van der Waals surface area contributed by atoms with Gasteiger partial charge in [0.1, 0.15) is 0 Å². The highest BCUT2D eigenvalue weighted by Crippen LogP contribution is 2.40. The molecule has 1 aliphatic rings. The van der Waals surface area contributed by atoms with Crippen LogP contribution in [0.2, 0.25) is 0 Å². The summed E-state index contributed by atoms with van der Waals surface area (Å²) in [6, 6.07) is 25.6. The predicted octanol–water partition coefficient (Wildman–Crippen LogP) is 5.37. The molecule has 1 amide bonds. The summed E-state index contributed by atoms with van der Waals surface area (Å²) in [5, 5.41) is 20.0. The Morgan fingerprint density at radius 2 is 1.54 bits per heavy atom. The molecule has 5 rings (SSSR count). The monoisotopic (exact) mass is 525 g/mol. The summed E-state index contributed by atoms with van der Waals surface area (Å²) >= 11 is 0. The Labute approximate surface area is 227 Å². The van der Waals surface area contributed by atoms with Crippen LogP contribution in [-0.2, 0) is 16.0 Å². The highest BCUT2D eigenvalue weighted by Gasteiger charge is 2.52. The molecule has 1 fully saturated rings. The normalized spacial score (nSPS) is 15.5. The van der Waals surface area contributed by atoms with Gasteiger partial charge in [-0.1, -0.05) is 84.9 Å². The number of aromatic nitrogens is 2. The Bertz CT molecular complexity index is 1410. The first-order valence-electron chi connectivity index (χ1n) is 13.2. The fraction of sp³-hybridized carbons (Fsp3) is 0.281. The van der Waals surface area contributed by atoms with Crippen molar-refractivity contribution in [3.63, 3.8) is 0 Å². The Kier molecular flexibility index (Phi) is 7.44. The number of ketones is 1. The van der Waals surface area contributed by atoms with E-state index in [4.69, 9.17) is 0 Å². The number of halogens is 1. The molecule has 0 bridgehead atoms. The van der Waals surface area contributed by atoms with Gasteiger partial charge < -0.3 is 10.4 Å². The summed E-state index contributed by atoms with van der Waals surface area (Å²) in [5.41, 5.74) is 3.70. The highest BCUT2D eigenvalue weighted by atomic mass is 19.1. The maximum atomic E-state index is 14.8. The summed E-state index contributed by atoms with van der Waals surface area (Å²) in [5.74, 6) is -1.41. The van der Waals surface area contributed by atoms with Crippen molar-refractivity contribution in [1.29, 1.82) is 0 Å². The lowest BCUT2D eigenvalue weighted by Crippen LogP contribution is -2.49. The number of aliphatic hydroxyl groups excluding tert-OH is 1. The van der Waals surface area contributed by atoms with Crippen LogP contribution in [-0.4, -0.2) is 38.7 Å². The van der Waals surface area contributed by atoms with E-state index < -0.39 is 29.6 Å². The molecule has 1 heterocycles. The van der Waals surface area contributed by atoms with Crippen molar-refractivity contribution in [2.45, 2.75) is 56.8 Å². The number of hydrogen-bond acceptors (Lipinski definition) is 4. The minimum absolute atomic E-state index is 0.0638. The minimum atomic E-state index is -1.90. The van der Waals surface area contributed by atoms with Crippen LogP contribution in [0.5, 0.6) is 0 Å². The van der Waals surface area contributed by atoms with Crippen LogP contribution in [0.25, 0.3) is 11.1 Å². The molecule has 7 heteroatoms. The Morgan fingerprint density at radius 3 is 2.05 bits per heavy atom. The number of H-pyrrole nitrogens is 1. The van der Waals surface area contributed by atoms with Crippen molar-refractivity contribution in [1.82, 2.24) is 15.5 Å². The summed E-state index contributed by atoms with van der Waals surface area (Å²) in [4.78, 5) is 26.8. The molecular formula is C32H32FN3O3. The van der Waals surface area contributed by atoms with Crippen molar-refractivity contribution in [3.05, 3.63) is 113 Å². The number of Topliss-reactive ketones (excluding diaryl/α,β-unsaturated/α-hetero) is 1. The number of hydrogen-bond donors (Lipinski definition) is 3. The second-order valence-electron chi connectivity index (χ2n) is 10.3. The number of benzene rings is 3. The molecule has 0 radical (unpaired) electrons. The van der Waals surface area contributed by atoms with E-state index in [2.05, 4.69) is 15.5 Å². The fourth-order valence-corrected chi connectivity index (χ4v) is 5.07. The molecule has 3 aromatic carbocycles. The molecule has 0 aliphatic heterocycles. The third-order valence-electron chi connectivity index (χ3n) is 7.37. The van der Waals surface area contributed by atoms with Crippen LogP contribution < -0.4 is 5.32 Å². The smallest absolute Gasteiger partial charge is 0.258 e. The van der Waals surface area contributed by atoms with Crippen LogP contribution in [0.3, 0.4) is 0 Å². The number of nitrogens with one attached hydrogen (secondary N) is 2. The van der Waals surface area contributed by atoms with Gasteiger partial charge in [-0.3, -0.25) is 14.7 Å². The summed E-state index contributed by atoms with van der Waals surface area (Å²) in [6.07, 6.45) is -0.322. The average molecular weight is 526 g/mol. The van der Waals surface area contributed by atoms with Gasteiger partial charge in [0, 0.05) is 23.6 Å². The van der Waals surface area contributed by atoms with Crippen LogP contribution in [0.4, 0.5) is 4.39 Å². The number of rotatable bonds is 10. The van der Waals surface area contributed by atoms with E-state index in [0.29, 0.717) is 5.69 Å². The maximum absolute atomic E-state index is 14.8. The lowest BCUT2D eigenvalue weighted by Gasteiger charge is -2.29. The zero-order valence-electron chi connectivity index (χ0n) is 22.0. The van der Waals surface area contributed by atoms with Crippen molar-refractivity contribution >= 4 is 11.7 Å². The first-order valence-corrected chi connectivity index (χ1v) is 13.2. The first kappa shape index (κ1) is 26.5. The molecule has 2 atom stereocenters. The molecule has 1 saturated carbocycles. The van der Waals surface area contributed by atoms with Crippen LogP contribution in [0.1, 0.15) is 59.9 Å². The van der Waals surface area contributed by atoms with Gasteiger partial charge in [0.2, 0.25) is 0 Å². The third-order valence-corrected chi connectivity index (χ3v) is 7.37. The van der Waals surface area contributed by atoms with E-state index >= 15 is 0 Å². The maximum Gasteiger partial charge on any atom is 0.258 e. The number of aryl methyl sites for hydroxylation is 1. The Balaban J connectivity index is 1.46. The lowest BCUT2D eigenvalue weighted by molar-refractivity contribution is -0.132. The number of aromatic amines is 1. The third kappa shape index (κ3) is 5.68. The van der Waals surface area contributed by atoms with Gasteiger partial charge in [0.25, 0.3) is 5.91 Å². The molecule has 0 saturated heterocycles. The van der Waals surface area contributed by atoms with Crippen LogP contribution in [0.15, 0.2) is 84.9 Å². The first-order chi connectivity index (χ1) is 18.8. The zero-order valence-corrected chi connectivity index (χ0v) is 22.0. The Morgan fingerprint density at radius 1 is 0.974 bits per heavy atom. The van der Waals surface area contributed by atoms with Gasteiger partial charge >= 0.3 is 0 Å². The summed E-state index contributed by atoms with van der Waals surface area (Å²) < 4.78 is 14.8. The number of nitrogens with zero attached hydrogens (tertiary/aromatic N) is 1. The average Bonchev–Trinajstić information content (AvgIpc) is 3.58. The number of carbonyl (C=O) groups is 2. The fourth-order valence-electron chi connectivity index (χ4n) is 5.07. The molecule has 4 aromatic rings. The van der Waals surface area contributed by atoms with Crippen LogP contribution in [0, 0.1) is 6.92 Å². The molecule has 3 N–H and O–H groups in total. The topological polar surface area (TPSA) is 95.1 Å². The largest absolute Gasteiger partial charge is 0.387 e. The standard InChI is InChI=1S/C32H32FN3O3/c1-20-27(29(21(2)37)36-35-20)25-15-13-22(14-16-25)19-26(38)30(34-31(39)32(33)17-18-32)28(23-9-5-3-6-10-23)24-11-7-4-8-12-24/h3-16,21,28,30,37H,17-19H2,1-2H3,(H,34,39)(H,35,36)/t21?,30-/m1/s1. The number of amides is 1. The van der Waals surface area contributed by atoms with Gasteiger partial charge in [-0.2, -0.15) is 5.10 Å². The molecular weight excluding hydrogens is 493 g/mol. The number of carbonyl (C=O) groups excluding carboxylic acids is 2. The van der Waals surface area contributed by atoms with E-state index in [1.165, 1.54) is 0 Å². The van der Waals surface area contributed by atoms with Crippen molar-refractivity contribution in [2.24, 2.45) is 0 Å². The SMILES string of the molecule is Cc1[nH]nc(C(C)O)c1-c1ccc(CC(=O)[C@@H](NC(=O)C2(F)CC2)C(c2ccccc2)c2ccccc2)cc1. The van der Waals surface area contributed by atoms with Gasteiger partial charge in [0.05, 0.1) is 17.8 Å². The summed E-state index contributed by atoms with van der Waals surface area (Å²) in [6.45, 7) is 3.56. The second-order valence-corrected chi connectivity index (χ2v) is 10.3. The highest BCUT2D eigenvalue weighted by molar-refractivity contribution is 5.95. The quantitative estimate of drug-likeness (QED) is 0.259. The minimum Gasteiger partial charge on any atom is -0.387 e. The molecule has 1 aromatic heterocycles. The lowest BCUT2D eigenvalue weighted by atomic mass is 9.81. The van der Waals surface area contributed by atoms with E-state index in [-0.39, 0.29) is 25.0 Å². The molecule has 1 unspecified atom stereocenters. The molecule has 6 nitrogen and oxygen atoms in total. The van der Waals surface area contributed by atoms with Gasteiger partial charge in [-0.05, 0) is 48.9 Å². The number of aliphatic hydroxyl groups is 1. The Hall–Kier alpha value is -4.10. The van der Waals surface area contributed by atoms with Gasteiger partial charge in [-0.15, -0.1) is 0 Å². The summed E-state index contributed by atoms with van der Waals surface area (Å²) in [7, 11) is 0. The van der Waals surface area contributed by atoms with Crippen molar-refractivity contribution in [3.8, 4) is 11.1 Å².